The van der Waals surface area contributed by atoms with E-state index >= 15 is 0 Å². The number of benzene rings is 1. The Morgan fingerprint density at radius 1 is 1.47 bits per heavy atom. The molecule has 1 aromatic rings. The molecule has 0 spiro atoms. The van der Waals surface area contributed by atoms with Crippen molar-refractivity contribution in [2.45, 2.75) is 25.2 Å². The summed E-state index contributed by atoms with van der Waals surface area (Å²) in [5.74, 6) is -0.0464. The Morgan fingerprint density at radius 2 is 2.24 bits per heavy atom. The maximum absolute atomic E-state index is 11.9. The van der Waals surface area contributed by atoms with Gasteiger partial charge in [-0.25, -0.2) is 0 Å². The number of hydrogen-bond acceptors (Lipinski definition) is 3. The number of carbonyl (C=O) groups excluding carboxylic acids is 1. The topological polar surface area (TPSA) is 38.3 Å². The minimum Gasteiger partial charge on any atom is -0.382 e. The van der Waals surface area contributed by atoms with Gasteiger partial charge in [0.15, 0.2) is 0 Å². The highest BCUT2D eigenvalue weighted by atomic mass is 32.1. The van der Waals surface area contributed by atoms with Crippen molar-refractivity contribution in [1.82, 2.24) is 5.32 Å². The Balaban J connectivity index is 2.44. The average molecular weight is 253 g/mol. The summed E-state index contributed by atoms with van der Waals surface area (Å²) in [6, 6.07) is 5.57. The van der Waals surface area contributed by atoms with E-state index in [4.69, 9.17) is 4.74 Å². The summed E-state index contributed by atoms with van der Waals surface area (Å²) in [4.78, 5) is 12.7. The molecule has 0 aromatic heterocycles. The largest absolute Gasteiger partial charge is 0.382 e. The van der Waals surface area contributed by atoms with Crippen molar-refractivity contribution in [1.29, 1.82) is 0 Å². The number of thiol groups is 1. The molecule has 17 heavy (non-hydrogen) atoms. The van der Waals surface area contributed by atoms with Crippen LogP contribution in [0.15, 0.2) is 23.1 Å². The molecule has 0 unspecified atom stereocenters. The van der Waals surface area contributed by atoms with Crippen molar-refractivity contribution < 1.29 is 9.53 Å². The average Bonchev–Trinajstić information content (AvgIpc) is 2.32. The highest BCUT2D eigenvalue weighted by Crippen LogP contribution is 2.13. The van der Waals surface area contributed by atoms with Gasteiger partial charge in [0.1, 0.15) is 0 Å². The lowest BCUT2D eigenvalue weighted by Crippen LogP contribution is -2.26. The summed E-state index contributed by atoms with van der Waals surface area (Å²) in [6.45, 7) is 5.91. The van der Waals surface area contributed by atoms with Crippen LogP contribution in [0.5, 0.6) is 0 Å². The molecule has 4 heteroatoms. The zero-order valence-electron chi connectivity index (χ0n) is 10.3. The van der Waals surface area contributed by atoms with Gasteiger partial charge in [0.05, 0.1) is 0 Å². The molecule has 0 aliphatic heterocycles. The lowest BCUT2D eigenvalue weighted by Gasteiger charge is -2.08. The van der Waals surface area contributed by atoms with Crippen LogP contribution in [0.2, 0.25) is 0 Å². The SMILES string of the molecule is CCOCCCNC(=O)c1cc(S)ccc1C. The Labute approximate surface area is 108 Å². The zero-order valence-corrected chi connectivity index (χ0v) is 11.2. The maximum Gasteiger partial charge on any atom is 0.251 e. The third-order valence-electron chi connectivity index (χ3n) is 2.42. The molecule has 3 nitrogen and oxygen atoms in total. The lowest BCUT2D eigenvalue weighted by atomic mass is 10.1. The second-order valence-electron chi connectivity index (χ2n) is 3.81. The van der Waals surface area contributed by atoms with Gasteiger partial charge < -0.3 is 10.1 Å². The number of carbonyl (C=O) groups is 1. The predicted molar refractivity (Wildman–Crippen MR) is 71.9 cm³/mol. The number of amides is 1. The van der Waals surface area contributed by atoms with E-state index in [1.807, 2.05) is 26.0 Å². The molecule has 0 atom stereocenters. The van der Waals surface area contributed by atoms with E-state index in [0.717, 1.165) is 23.5 Å². The van der Waals surface area contributed by atoms with Crippen LogP contribution in [0.25, 0.3) is 0 Å². The van der Waals surface area contributed by atoms with E-state index in [1.54, 1.807) is 6.07 Å². The summed E-state index contributed by atoms with van der Waals surface area (Å²) in [5.41, 5.74) is 1.65. The first kappa shape index (κ1) is 14.1. The van der Waals surface area contributed by atoms with Gasteiger partial charge >= 0.3 is 0 Å². The van der Waals surface area contributed by atoms with Crippen LogP contribution < -0.4 is 5.32 Å². The Morgan fingerprint density at radius 3 is 2.94 bits per heavy atom. The van der Waals surface area contributed by atoms with Gasteiger partial charge in [-0.3, -0.25) is 4.79 Å². The van der Waals surface area contributed by atoms with Crippen LogP contribution in [0, 0.1) is 6.92 Å². The van der Waals surface area contributed by atoms with Crippen molar-refractivity contribution in [3.63, 3.8) is 0 Å². The van der Waals surface area contributed by atoms with Crippen LogP contribution in [-0.4, -0.2) is 25.7 Å². The molecule has 0 heterocycles. The maximum atomic E-state index is 11.9. The summed E-state index contributed by atoms with van der Waals surface area (Å²) >= 11 is 4.23. The van der Waals surface area contributed by atoms with E-state index < -0.39 is 0 Å². The van der Waals surface area contributed by atoms with E-state index in [-0.39, 0.29) is 5.91 Å². The summed E-state index contributed by atoms with van der Waals surface area (Å²) in [5, 5.41) is 2.87. The molecule has 1 N–H and O–H groups in total. The standard InChI is InChI=1S/C13H19NO2S/c1-3-16-8-4-7-14-13(15)12-9-11(17)6-5-10(12)2/h5-6,9,17H,3-4,7-8H2,1-2H3,(H,14,15). The second kappa shape index (κ2) is 7.35. The molecule has 1 amide bonds. The fourth-order valence-corrected chi connectivity index (χ4v) is 1.67. The highest BCUT2D eigenvalue weighted by molar-refractivity contribution is 7.80. The quantitative estimate of drug-likeness (QED) is 0.603. The molecular weight excluding hydrogens is 234 g/mol. The Kier molecular flexibility index (Phi) is 6.08. The smallest absolute Gasteiger partial charge is 0.251 e. The second-order valence-corrected chi connectivity index (χ2v) is 4.32. The highest BCUT2D eigenvalue weighted by Gasteiger charge is 2.08. The van der Waals surface area contributed by atoms with Crippen molar-refractivity contribution >= 4 is 18.5 Å². The molecule has 1 aromatic carbocycles. The van der Waals surface area contributed by atoms with Gasteiger partial charge in [0, 0.05) is 30.2 Å². The van der Waals surface area contributed by atoms with Crippen LogP contribution in [-0.2, 0) is 4.74 Å². The lowest BCUT2D eigenvalue weighted by molar-refractivity contribution is 0.0943. The molecule has 0 aliphatic carbocycles. The molecule has 0 saturated heterocycles. The normalized spacial score (nSPS) is 10.3. The fourth-order valence-electron chi connectivity index (χ4n) is 1.47. The van der Waals surface area contributed by atoms with E-state index in [0.29, 0.717) is 18.7 Å². The Hall–Kier alpha value is -1.00. The number of nitrogens with one attached hydrogen (secondary N) is 1. The molecule has 0 bridgehead atoms. The van der Waals surface area contributed by atoms with Crippen molar-refractivity contribution in [3.05, 3.63) is 29.3 Å². The predicted octanol–water partition coefficient (Wildman–Crippen LogP) is 2.44. The van der Waals surface area contributed by atoms with Gasteiger partial charge in [-0.1, -0.05) is 6.07 Å². The first-order chi connectivity index (χ1) is 8.15. The van der Waals surface area contributed by atoms with Crippen molar-refractivity contribution in [2.75, 3.05) is 19.8 Å². The monoisotopic (exact) mass is 253 g/mol. The molecule has 0 fully saturated rings. The van der Waals surface area contributed by atoms with Gasteiger partial charge in [0.25, 0.3) is 5.91 Å². The molecular formula is C13H19NO2S. The third kappa shape index (κ3) is 4.79. The molecule has 1 rings (SSSR count). The van der Waals surface area contributed by atoms with Crippen LogP contribution in [0.3, 0.4) is 0 Å². The van der Waals surface area contributed by atoms with Gasteiger partial charge in [0.2, 0.25) is 0 Å². The number of rotatable bonds is 6. The summed E-state index contributed by atoms with van der Waals surface area (Å²) in [7, 11) is 0. The van der Waals surface area contributed by atoms with Crippen LogP contribution in [0.1, 0.15) is 29.3 Å². The number of hydrogen-bond donors (Lipinski definition) is 2. The molecule has 94 valence electrons. The first-order valence-corrected chi connectivity index (χ1v) is 6.25. The number of aryl methyl sites for hydroxylation is 1. The first-order valence-electron chi connectivity index (χ1n) is 5.80. The van der Waals surface area contributed by atoms with Gasteiger partial charge in [-0.2, -0.15) is 0 Å². The molecule has 0 aliphatic rings. The minimum absolute atomic E-state index is 0.0464. The fraction of sp³-hybridized carbons (Fsp3) is 0.462. The van der Waals surface area contributed by atoms with Crippen molar-refractivity contribution in [3.8, 4) is 0 Å². The van der Waals surface area contributed by atoms with Crippen LogP contribution >= 0.6 is 12.6 Å². The van der Waals surface area contributed by atoms with Crippen molar-refractivity contribution in [2.24, 2.45) is 0 Å². The third-order valence-corrected chi connectivity index (χ3v) is 2.70. The van der Waals surface area contributed by atoms with E-state index in [1.165, 1.54) is 0 Å². The van der Waals surface area contributed by atoms with Gasteiger partial charge in [-0.15, -0.1) is 12.6 Å². The van der Waals surface area contributed by atoms with E-state index in [9.17, 15) is 4.79 Å². The summed E-state index contributed by atoms with van der Waals surface area (Å²) in [6.07, 6.45) is 0.833. The van der Waals surface area contributed by atoms with Crippen LogP contribution in [0.4, 0.5) is 0 Å². The number of ether oxygens (including phenoxy) is 1. The van der Waals surface area contributed by atoms with Gasteiger partial charge in [-0.05, 0) is 38.0 Å². The minimum atomic E-state index is -0.0464. The zero-order chi connectivity index (χ0) is 12.7. The summed E-state index contributed by atoms with van der Waals surface area (Å²) < 4.78 is 5.20. The Bertz CT molecular complexity index is 380. The molecule has 0 saturated carbocycles. The van der Waals surface area contributed by atoms with E-state index in [2.05, 4.69) is 17.9 Å². The molecule has 0 radical (unpaired) electrons.